The number of nitrogens with zero attached hydrogens (tertiary/aromatic N) is 1. The number of hydrogen-bond acceptors (Lipinski definition) is 9. The first-order chi connectivity index (χ1) is 16.5. The van der Waals surface area contributed by atoms with Crippen LogP contribution in [0.15, 0.2) is 46.1 Å². The molecule has 5 atom stereocenters. The molecule has 2 heterocycles. The van der Waals surface area contributed by atoms with E-state index in [1.54, 1.807) is 32.0 Å². The summed E-state index contributed by atoms with van der Waals surface area (Å²) >= 11 is 0. The highest BCUT2D eigenvalue weighted by Gasteiger charge is 2.39. The Balaban J connectivity index is 1.73. The summed E-state index contributed by atoms with van der Waals surface area (Å²) in [5.74, 6) is -1.69. The molecular formula is C21H27FN3O9P. The van der Waals surface area contributed by atoms with Crippen molar-refractivity contribution >= 4 is 13.7 Å². The fraction of sp³-hybridized carbons (Fsp3) is 0.476. The molecule has 0 aliphatic carbocycles. The first kappa shape index (κ1) is 26.8. The number of aliphatic hydroxyl groups is 1. The van der Waals surface area contributed by atoms with Crippen molar-refractivity contribution in [2.45, 2.75) is 57.8 Å². The molecule has 1 aliphatic heterocycles. The summed E-state index contributed by atoms with van der Waals surface area (Å²) < 4.78 is 49.6. The predicted molar refractivity (Wildman–Crippen MR) is 120 cm³/mol. The van der Waals surface area contributed by atoms with Crippen LogP contribution < -0.4 is 20.9 Å². The van der Waals surface area contributed by atoms with Gasteiger partial charge in [0.05, 0.1) is 25.0 Å². The van der Waals surface area contributed by atoms with Crippen LogP contribution in [0.25, 0.3) is 0 Å². The van der Waals surface area contributed by atoms with E-state index in [-0.39, 0.29) is 12.2 Å². The van der Waals surface area contributed by atoms with Gasteiger partial charge in [-0.25, -0.2) is 9.36 Å². The molecule has 3 rings (SSSR count). The number of rotatable bonds is 10. The van der Waals surface area contributed by atoms with Gasteiger partial charge in [0.2, 0.25) is 5.82 Å². The van der Waals surface area contributed by atoms with Crippen LogP contribution in [-0.2, 0) is 23.4 Å². The van der Waals surface area contributed by atoms with Gasteiger partial charge in [-0.1, -0.05) is 18.2 Å². The zero-order valence-electron chi connectivity index (χ0n) is 19.3. The van der Waals surface area contributed by atoms with E-state index in [0.29, 0.717) is 6.20 Å². The number of H-pyrrole nitrogens is 1. The lowest BCUT2D eigenvalue weighted by Gasteiger charge is -2.25. The van der Waals surface area contributed by atoms with E-state index >= 15 is 0 Å². The number of halogens is 1. The molecule has 14 heteroatoms. The number of ether oxygens (including phenoxy) is 2. The molecule has 1 saturated heterocycles. The Hall–Kier alpha value is -2.83. The molecular weight excluding hydrogens is 488 g/mol. The Labute approximate surface area is 199 Å². The summed E-state index contributed by atoms with van der Waals surface area (Å²) in [6.45, 7) is 4.27. The Kier molecular flexibility index (Phi) is 8.62. The Morgan fingerprint density at radius 2 is 2.00 bits per heavy atom. The van der Waals surface area contributed by atoms with Crippen LogP contribution in [0.5, 0.6) is 5.75 Å². The summed E-state index contributed by atoms with van der Waals surface area (Å²) in [7, 11) is -4.21. The lowest BCUT2D eigenvalue weighted by atomic mass is 10.2. The van der Waals surface area contributed by atoms with Crippen molar-refractivity contribution in [1.29, 1.82) is 0 Å². The molecule has 0 radical (unpaired) electrons. The summed E-state index contributed by atoms with van der Waals surface area (Å²) in [5, 5.41) is 12.9. The molecule has 0 bridgehead atoms. The largest absolute Gasteiger partial charge is 0.462 e. The number of aromatic nitrogens is 2. The fourth-order valence-electron chi connectivity index (χ4n) is 3.22. The second-order valence-electron chi connectivity index (χ2n) is 8.11. The molecule has 1 aromatic heterocycles. The number of aliphatic hydroxyl groups excluding tert-OH is 1. The maximum Gasteiger partial charge on any atom is 0.459 e. The van der Waals surface area contributed by atoms with Gasteiger partial charge in [-0.15, -0.1) is 0 Å². The van der Waals surface area contributed by atoms with Gasteiger partial charge in [0.15, 0.2) is 0 Å². The second-order valence-corrected chi connectivity index (χ2v) is 9.80. The van der Waals surface area contributed by atoms with Crippen LogP contribution in [-0.4, -0.2) is 51.6 Å². The van der Waals surface area contributed by atoms with Crippen LogP contribution in [0.4, 0.5) is 4.39 Å². The number of carbonyl (C=O) groups is 1. The summed E-state index contributed by atoms with van der Waals surface area (Å²) in [4.78, 5) is 37.3. The number of hydrogen-bond donors (Lipinski definition) is 3. The molecule has 3 N–H and O–H groups in total. The Morgan fingerprint density at radius 3 is 2.66 bits per heavy atom. The minimum Gasteiger partial charge on any atom is -0.462 e. The van der Waals surface area contributed by atoms with Gasteiger partial charge in [-0.3, -0.25) is 23.7 Å². The molecule has 2 aromatic rings. The average molecular weight is 515 g/mol. The SMILES string of the molecule is CC(C)OC(=O)[C@@H](C)NP(=O)(OC[C@H]1O[C@H](n2cc(F)c(=O)[nH]c2=O)C[C@@H]1O)Oc1ccccc1. The number of esters is 1. The van der Waals surface area contributed by atoms with Crippen molar-refractivity contribution in [3.05, 3.63) is 63.2 Å². The molecule has 1 aromatic carbocycles. The average Bonchev–Trinajstić information content (AvgIpc) is 3.15. The van der Waals surface area contributed by atoms with Crippen molar-refractivity contribution < 1.29 is 37.4 Å². The quantitative estimate of drug-likeness (QED) is 0.312. The monoisotopic (exact) mass is 515 g/mol. The standard InChI is InChI=1S/C21H27FN3O9P/c1-12(2)32-20(28)13(3)24-35(30,34-14-7-5-4-6-8-14)31-11-17-16(26)9-18(33-17)25-10-15(22)19(27)23-21(25)29/h4-8,10,12-13,16-18,26H,9,11H2,1-3H3,(H,24,30)(H,23,27,29)/t13-,16+,17-,18+,35?/m1/s1. The summed E-state index contributed by atoms with van der Waals surface area (Å²) in [6.07, 6.45) is -3.24. The molecule has 0 amide bonds. The van der Waals surface area contributed by atoms with Gasteiger partial charge >= 0.3 is 19.4 Å². The third kappa shape index (κ3) is 7.09. The first-order valence-electron chi connectivity index (χ1n) is 10.8. The molecule has 192 valence electrons. The van der Waals surface area contributed by atoms with E-state index < -0.39 is 68.0 Å². The van der Waals surface area contributed by atoms with E-state index in [2.05, 4.69) is 5.09 Å². The summed E-state index contributed by atoms with van der Waals surface area (Å²) in [6, 6.07) is 7.00. The zero-order chi connectivity index (χ0) is 25.8. The molecule has 1 unspecified atom stereocenters. The molecule has 0 saturated carbocycles. The number of carbonyl (C=O) groups excluding carboxylic acids is 1. The highest BCUT2D eigenvalue weighted by Crippen LogP contribution is 2.45. The smallest absolute Gasteiger partial charge is 0.459 e. The third-order valence-electron chi connectivity index (χ3n) is 4.87. The molecule has 35 heavy (non-hydrogen) atoms. The number of benzene rings is 1. The van der Waals surface area contributed by atoms with Crippen molar-refractivity contribution in [1.82, 2.24) is 14.6 Å². The van der Waals surface area contributed by atoms with Crippen LogP contribution in [0.3, 0.4) is 0 Å². The Morgan fingerprint density at radius 1 is 1.31 bits per heavy atom. The van der Waals surface area contributed by atoms with Crippen LogP contribution in [0, 0.1) is 5.82 Å². The highest BCUT2D eigenvalue weighted by molar-refractivity contribution is 7.52. The Bertz CT molecular complexity index is 1190. The third-order valence-corrected chi connectivity index (χ3v) is 6.52. The van der Waals surface area contributed by atoms with Gasteiger partial charge in [0.25, 0.3) is 5.56 Å². The fourth-order valence-corrected chi connectivity index (χ4v) is 4.72. The van der Waals surface area contributed by atoms with E-state index in [0.717, 1.165) is 4.57 Å². The number of para-hydroxylation sites is 1. The maximum absolute atomic E-state index is 13.6. The lowest BCUT2D eigenvalue weighted by Crippen LogP contribution is -2.37. The van der Waals surface area contributed by atoms with Crippen molar-refractivity contribution in [2.75, 3.05) is 6.61 Å². The predicted octanol–water partition coefficient (Wildman–Crippen LogP) is 1.46. The van der Waals surface area contributed by atoms with Gasteiger partial charge in [0.1, 0.15) is 24.1 Å². The minimum absolute atomic E-state index is 0.131. The maximum atomic E-state index is 13.6. The number of aromatic amines is 1. The van der Waals surface area contributed by atoms with Gasteiger partial charge in [0, 0.05) is 6.42 Å². The lowest BCUT2D eigenvalue weighted by molar-refractivity contribution is -0.149. The van der Waals surface area contributed by atoms with E-state index in [1.807, 2.05) is 4.98 Å². The van der Waals surface area contributed by atoms with Gasteiger partial charge in [-0.2, -0.15) is 9.48 Å². The number of nitrogens with one attached hydrogen (secondary N) is 2. The van der Waals surface area contributed by atoms with Gasteiger partial charge < -0.3 is 19.1 Å². The molecule has 0 spiro atoms. The minimum atomic E-state index is -4.21. The molecule has 1 fully saturated rings. The van der Waals surface area contributed by atoms with Gasteiger partial charge in [-0.05, 0) is 32.9 Å². The molecule has 12 nitrogen and oxygen atoms in total. The van der Waals surface area contributed by atoms with Crippen molar-refractivity contribution in [3.8, 4) is 5.75 Å². The zero-order valence-corrected chi connectivity index (χ0v) is 20.1. The van der Waals surface area contributed by atoms with E-state index in [1.165, 1.54) is 19.1 Å². The normalized spacial score (nSPS) is 22.5. The van der Waals surface area contributed by atoms with Crippen LogP contribution in [0.1, 0.15) is 33.4 Å². The topological polar surface area (TPSA) is 158 Å². The molecule has 1 aliphatic rings. The van der Waals surface area contributed by atoms with Crippen molar-refractivity contribution in [2.24, 2.45) is 0 Å². The van der Waals surface area contributed by atoms with Crippen molar-refractivity contribution in [3.63, 3.8) is 0 Å². The second kappa shape index (κ2) is 11.3. The van der Waals surface area contributed by atoms with Crippen LogP contribution in [0.2, 0.25) is 0 Å². The van der Waals surface area contributed by atoms with Crippen LogP contribution >= 0.6 is 7.75 Å². The summed E-state index contributed by atoms with van der Waals surface area (Å²) in [5.41, 5.74) is -2.10. The first-order valence-corrected chi connectivity index (χ1v) is 12.3. The van der Waals surface area contributed by atoms with E-state index in [4.69, 9.17) is 18.5 Å². The van der Waals surface area contributed by atoms with E-state index in [9.17, 15) is 28.4 Å². The highest BCUT2D eigenvalue weighted by atomic mass is 31.2.